The maximum absolute atomic E-state index is 4.43. The summed E-state index contributed by atoms with van der Waals surface area (Å²) in [6.45, 7) is 0. The standard InChI is InChI=1S/C11H9BrN2S/c1-15-11-13-7-6-10(14-11)8-2-4-9(12)5-3-8/h2-7H,1H3. The fraction of sp³-hybridized carbons (Fsp3) is 0.0909. The summed E-state index contributed by atoms with van der Waals surface area (Å²) in [7, 11) is 0. The molecule has 1 aromatic heterocycles. The van der Waals surface area contributed by atoms with E-state index in [2.05, 4.69) is 25.9 Å². The Kier molecular flexibility index (Phi) is 3.38. The number of nitrogens with zero attached hydrogens (tertiary/aromatic N) is 2. The van der Waals surface area contributed by atoms with Crippen LogP contribution in [-0.4, -0.2) is 16.2 Å². The highest BCUT2D eigenvalue weighted by Crippen LogP contribution is 2.21. The summed E-state index contributed by atoms with van der Waals surface area (Å²) in [5, 5.41) is 0.801. The van der Waals surface area contributed by atoms with Crippen LogP contribution in [0.25, 0.3) is 11.3 Å². The smallest absolute Gasteiger partial charge is 0.187 e. The Morgan fingerprint density at radius 1 is 1.13 bits per heavy atom. The van der Waals surface area contributed by atoms with Gasteiger partial charge in [0.1, 0.15) is 0 Å². The third-order valence-corrected chi connectivity index (χ3v) is 3.05. The van der Waals surface area contributed by atoms with Crippen LogP contribution in [0, 0.1) is 0 Å². The van der Waals surface area contributed by atoms with Gasteiger partial charge in [0, 0.05) is 16.2 Å². The summed E-state index contributed by atoms with van der Waals surface area (Å²) in [6.07, 6.45) is 3.76. The second-order valence-corrected chi connectivity index (χ2v) is 4.62. The van der Waals surface area contributed by atoms with Gasteiger partial charge in [-0.05, 0) is 24.5 Å². The van der Waals surface area contributed by atoms with Crippen LogP contribution in [0.3, 0.4) is 0 Å². The van der Waals surface area contributed by atoms with E-state index in [1.807, 2.05) is 36.6 Å². The molecule has 0 bridgehead atoms. The van der Waals surface area contributed by atoms with Gasteiger partial charge in [-0.2, -0.15) is 0 Å². The summed E-state index contributed by atoms with van der Waals surface area (Å²) in [5.74, 6) is 0. The molecule has 0 aliphatic rings. The Labute approximate surface area is 101 Å². The van der Waals surface area contributed by atoms with E-state index in [-0.39, 0.29) is 0 Å². The molecule has 15 heavy (non-hydrogen) atoms. The van der Waals surface area contributed by atoms with Gasteiger partial charge in [-0.1, -0.05) is 39.8 Å². The maximum Gasteiger partial charge on any atom is 0.187 e. The molecular weight excluding hydrogens is 272 g/mol. The summed E-state index contributed by atoms with van der Waals surface area (Å²) in [5.41, 5.74) is 2.07. The SMILES string of the molecule is CSc1nccc(-c2ccc(Br)cc2)n1. The van der Waals surface area contributed by atoms with E-state index in [1.165, 1.54) is 0 Å². The van der Waals surface area contributed by atoms with Crippen LogP contribution in [0.15, 0.2) is 46.2 Å². The molecule has 0 amide bonds. The molecule has 0 saturated carbocycles. The Bertz CT molecular complexity index is 456. The lowest BCUT2D eigenvalue weighted by atomic mass is 10.1. The molecule has 4 heteroatoms. The van der Waals surface area contributed by atoms with Gasteiger partial charge in [0.25, 0.3) is 0 Å². The first-order chi connectivity index (χ1) is 7.29. The Morgan fingerprint density at radius 3 is 2.53 bits per heavy atom. The van der Waals surface area contributed by atoms with Crippen LogP contribution in [-0.2, 0) is 0 Å². The van der Waals surface area contributed by atoms with E-state index >= 15 is 0 Å². The van der Waals surface area contributed by atoms with Crippen LogP contribution in [0.1, 0.15) is 0 Å². The summed E-state index contributed by atoms with van der Waals surface area (Å²) in [6, 6.07) is 10.0. The van der Waals surface area contributed by atoms with Crippen molar-refractivity contribution in [2.75, 3.05) is 6.26 Å². The number of halogens is 1. The van der Waals surface area contributed by atoms with Crippen molar-refractivity contribution in [1.29, 1.82) is 0 Å². The fourth-order valence-corrected chi connectivity index (χ4v) is 1.84. The molecule has 2 nitrogen and oxygen atoms in total. The van der Waals surface area contributed by atoms with E-state index < -0.39 is 0 Å². The number of aromatic nitrogens is 2. The Hall–Kier alpha value is -0.870. The topological polar surface area (TPSA) is 25.8 Å². The average Bonchev–Trinajstić information content (AvgIpc) is 2.30. The van der Waals surface area contributed by atoms with Crippen LogP contribution in [0.5, 0.6) is 0 Å². The molecule has 0 aliphatic carbocycles. The largest absolute Gasteiger partial charge is 0.231 e. The quantitative estimate of drug-likeness (QED) is 0.621. The van der Waals surface area contributed by atoms with Gasteiger partial charge in [0.15, 0.2) is 5.16 Å². The van der Waals surface area contributed by atoms with Gasteiger partial charge in [0.2, 0.25) is 0 Å². The number of benzene rings is 1. The molecule has 0 fully saturated rings. The van der Waals surface area contributed by atoms with E-state index in [0.717, 1.165) is 20.9 Å². The second kappa shape index (κ2) is 4.77. The molecule has 0 radical (unpaired) electrons. The predicted molar refractivity (Wildman–Crippen MR) is 66.9 cm³/mol. The number of thioether (sulfide) groups is 1. The lowest BCUT2D eigenvalue weighted by Crippen LogP contribution is -1.88. The fourth-order valence-electron chi connectivity index (χ4n) is 1.22. The first-order valence-corrected chi connectivity index (χ1v) is 6.44. The van der Waals surface area contributed by atoms with Crippen molar-refractivity contribution in [1.82, 2.24) is 9.97 Å². The minimum Gasteiger partial charge on any atom is -0.231 e. The molecule has 0 unspecified atom stereocenters. The molecule has 0 N–H and O–H groups in total. The van der Waals surface area contributed by atoms with Gasteiger partial charge in [-0.15, -0.1) is 0 Å². The zero-order valence-corrected chi connectivity index (χ0v) is 10.5. The third kappa shape index (κ3) is 2.58. The van der Waals surface area contributed by atoms with Crippen molar-refractivity contribution in [3.05, 3.63) is 41.0 Å². The van der Waals surface area contributed by atoms with Crippen molar-refractivity contribution >= 4 is 27.7 Å². The van der Waals surface area contributed by atoms with E-state index in [1.54, 1.807) is 18.0 Å². The summed E-state index contributed by atoms with van der Waals surface area (Å²) in [4.78, 5) is 8.57. The lowest BCUT2D eigenvalue weighted by molar-refractivity contribution is 0.976. The zero-order valence-electron chi connectivity index (χ0n) is 8.14. The molecule has 76 valence electrons. The van der Waals surface area contributed by atoms with Crippen molar-refractivity contribution in [3.8, 4) is 11.3 Å². The molecule has 1 heterocycles. The molecule has 0 spiro atoms. The lowest BCUT2D eigenvalue weighted by Gasteiger charge is -2.01. The monoisotopic (exact) mass is 280 g/mol. The van der Waals surface area contributed by atoms with Crippen molar-refractivity contribution in [2.24, 2.45) is 0 Å². The highest BCUT2D eigenvalue weighted by Gasteiger charge is 2.00. The maximum atomic E-state index is 4.43. The van der Waals surface area contributed by atoms with E-state index in [9.17, 15) is 0 Å². The van der Waals surface area contributed by atoms with Crippen molar-refractivity contribution < 1.29 is 0 Å². The van der Waals surface area contributed by atoms with E-state index in [4.69, 9.17) is 0 Å². The Balaban J connectivity index is 2.40. The van der Waals surface area contributed by atoms with Gasteiger partial charge >= 0.3 is 0 Å². The highest BCUT2D eigenvalue weighted by atomic mass is 79.9. The van der Waals surface area contributed by atoms with Crippen molar-refractivity contribution in [2.45, 2.75) is 5.16 Å². The van der Waals surface area contributed by atoms with Crippen molar-refractivity contribution in [3.63, 3.8) is 0 Å². The normalized spacial score (nSPS) is 10.3. The highest BCUT2D eigenvalue weighted by molar-refractivity contribution is 9.10. The van der Waals surface area contributed by atoms with Gasteiger partial charge in [-0.25, -0.2) is 9.97 Å². The van der Waals surface area contributed by atoms with Crippen LogP contribution >= 0.6 is 27.7 Å². The zero-order chi connectivity index (χ0) is 10.7. The average molecular weight is 281 g/mol. The van der Waals surface area contributed by atoms with Gasteiger partial charge < -0.3 is 0 Å². The second-order valence-electron chi connectivity index (χ2n) is 2.94. The minimum atomic E-state index is 0.801. The first kappa shape index (κ1) is 10.6. The molecule has 2 rings (SSSR count). The third-order valence-electron chi connectivity index (χ3n) is 1.96. The van der Waals surface area contributed by atoms with E-state index in [0.29, 0.717) is 0 Å². The Morgan fingerprint density at radius 2 is 1.87 bits per heavy atom. The molecule has 0 saturated heterocycles. The van der Waals surface area contributed by atoms with Gasteiger partial charge in [0.05, 0.1) is 5.69 Å². The number of rotatable bonds is 2. The molecule has 2 aromatic rings. The summed E-state index contributed by atoms with van der Waals surface area (Å²) < 4.78 is 1.07. The molecule has 0 atom stereocenters. The minimum absolute atomic E-state index is 0.801. The predicted octanol–water partition coefficient (Wildman–Crippen LogP) is 3.63. The summed E-state index contributed by atoms with van der Waals surface area (Å²) >= 11 is 4.96. The number of hydrogen-bond acceptors (Lipinski definition) is 3. The van der Waals surface area contributed by atoms with Crippen LogP contribution in [0.2, 0.25) is 0 Å². The molecule has 1 aromatic carbocycles. The van der Waals surface area contributed by atoms with Gasteiger partial charge in [-0.3, -0.25) is 0 Å². The molecular formula is C11H9BrN2S. The first-order valence-electron chi connectivity index (χ1n) is 4.42. The molecule has 0 aliphatic heterocycles. The van der Waals surface area contributed by atoms with Crippen LogP contribution < -0.4 is 0 Å². The number of hydrogen-bond donors (Lipinski definition) is 0. The van der Waals surface area contributed by atoms with Crippen LogP contribution in [0.4, 0.5) is 0 Å².